The van der Waals surface area contributed by atoms with Crippen molar-refractivity contribution in [1.82, 2.24) is 4.57 Å². The highest BCUT2D eigenvalue weighted by molar-refractivity contribution is 6.38. The van der Waals surface area contributed by atoms with Crippen molar-refractivity contribution in [2.45, 2.75) is 6.54 Å². The zero-order chi connectivity index (χ0) is 19.6. The molecule has 0 atom stereocenters. The molecule has 0 amide bonds. The Hall–Kier alpha value is -3.25. The standard InChI is InChI=1S/C20H16ClNO5/c1-27-18-4-2-3-15-19(18)14(16(23)9-17(24)20(25)26)11-22(15)10-12-5-7-13(21)8-6-12/h2-9,11,23H,10H2,1H3,(H,25,26)/b16-9-. The first-order chi connectivity index (χ1) is 12.9. The zero-order valence-electron chi connectivity index (χ0n) is 14.3. The van der Waals surface area contributed by atoms with E-state index in [4.69, 9.17) is 21.4 Å². The summed E-state index contributed by atoms with van der Waals surface area (Å²) in [5, 5.41) is 20.3. The predicted molar refractivity (Wildman–Crippen MR) is 102 cm³/mol. The summed E-state index contributed by atoms with van der Waals surface area (Å²) in [6.45, 7) is 0.487. The molecule has 3 rings (SSSR count). The average molecular weight is 386 g/mol. The molecule has 7 heteroatoms. The number of aliphatic hydroxyl groups is 1. The molecular weight excluding hydrogens is 370 g/mol. The van der Waals surface area contributed by atoms with Crippen molar-refractivity contribution in [2.75, 3.05) is 7.11 Å². The van der Waals surface area contributed by atoms with Gasteiger partial charge in [-0.25, -0.2) is 4.79 Å². The maximum Gasteiger partial charge on any atom is 0.376 e. The van der Waals surface area contributed by atoms with Gasteiger partial charge >= 0.3 is 5.97 Å². The number of fused-ring (bicyclic) bond motifs is 1. The molecule has 0 aliphatic rings. The number of aliphatic hydroxyl groups excluding tert-OH is 1. The monoisotopic (exact) mass is 385 g/mol. The van der Waals surface area contributed by atoms with E-state index in [0.29, 0.717) is 34.3 Å². The number of carbonyl (C=O) groups excluding carboxylic acids is 1. The topological polar surface area (TPSA) is 88.8 Å². The summed E-state index contributed by atoms with van der Waals surface area (Å²) in [5.74, 6) is -2.79. The van der Waals surface area contributed by atoms with Crippen LogP contribution in [0.4, 0.5) is 0 Å². The molecule has 0 saturated heterocycles. The number of rotatable bonds is 6. The second-order valence-electron chi connectivity index (χ2n) is 5.85. The van der Waals surface area contributed by atoms with Crippen LogP contribution in [0, 0.1) is 0 Å². The van der Waals surface area contributed by atoms with Crippen molar-refractivity contribution in [3.8, 4) is 5.75 Å². The minimum absolute atomic E-state index is 0.311. The lowest BCUT2D eigenvalue weighted by atomic mass is 10.1. The maximum absolute atomic E-state index is 11.5. The number of aliphatic carboxylic acids is 1. The number of ketones is 1. The van der Waals surface area contributed by atoms with E-state index in [1.165, 1.54) is 7.11 Å². The lowest BCUT2D eigenvalue weighted by molar-refractivity contribution is -0.146. The van der Waals surface area contributed by atoms with Gasteiger partial charge in [-0.15, -0.1) is 0 Å². The summed E-state index contributed by atoms with van der Waals surface area (Å²) in [6, 6.07) is 12.7. The quantitative estimate of drug-likeness (QED) is 0.381. The summed E-state index contributed by atoms with van der Waals surface area (Å²) < 4.78 is 7.26. The van der Waals surface area contributed by atoms with Crippen molar-refractivity contribution in [3.63, 3.8) is 0 Å². The van der Waals surface area contributed by atoms with Gasteiger partial charge in [0.2, 0.25) is 0 Å². The molecule has 27 heavy (non-hydrogen) atoms. The van der Waals surface area contributed by atoms with Crippen LogP contribution < -0.4 is 4.74 Å². The second kappa shape index (κ2) is 7.55. The summed E-state index contributed by atoms with van der Waals surface area (Å²) in [5.41, 5.74) is 2.06. The van der Waals surface area contributed by atoms with Gasteiger partial charge in [-0.1, -0.05) is 29.8 Å². The van der Waals surface area contributed by atoms with Crippen LogP contribution in [0.25, 0.3) is 16.7 Å². The molecule has 6 nitrogen and oxygen atoms in total. The number of carbonyl (C=O) groups is 2. The third-order valence-corrected chi connectivity index (χ3v) is 4.36. The average Bonchev–Trinajstić information content (AvgIpc) is 3.02. The highest BCUT2D eigenvalue weighted by atomic mass is 35.5. The number of benzene rings is 2. The molecular formula is C20H16ClNO5. The third kappa shape index (κ3) is 3.80. The van der Waals surface area contributed by atoms with E-state index in [1.54, 1.807) is 24.4 Å². The molecule has 3 aromatic rings. The van der Waals surface area contributed by atoms with E-state index < -0.39 is 17.5 Å². The highest BCUT2D eigenvalue weighted by Crippen LogP contribution is 2.34. The smallest absolute Gasteiger partial charge is 0.376 e. The first-order valence-electron chi connectivity index (χ1n) is 7.99. The van der Waals surface area contributed by atoms with E-state index in [2.05, 4.69) is 0 Å². The van der Waals surface area contributed by atoms with Gasteiger partial charge in [0.15, 0.2) is 0 Å². The first-order valence-corrected chi connectivity index (χ1v) is 8.37. The zero-order valence-corrected chi connectivity index (χ0v) is 15.1. The molecule has 0 unspecified atom stereocenters. The molecule has 0 radical (unpaired) electrons. The number of carboxylic acids is 1. The second-order valence-corrected chi connectivity index (χ2v) is 6.29. The molecule has 0 aliphatic carbocycles. The molecule has 0 saturated carbocycles. The minimum Gasteiger partial charge on any atom is -0.507 e. The maximum atomic E-state index is 11.5. The van der Waals surface area contributed by atoms with Crippen LogP contribution in [-0.2, 0) is 16.1 Å². The van der Waals surface area contributed by atoms with E-state index in [9.17, 15) is 14.7 Å². The van der Waals surface area contributed by atoms with Gasteiger partial charge in [0.05, 0.1) is 18.0 Å². The fourth-order valence-electron chi connectivity index (χ4n) is 2.86. The lowest BCUT2D eigenvalue weighted by Gasteiger charge is -2.07. The van der Waals surface area contributed by atoms with Gasteiger partial charge in [0, 0.05) is 29.4 Å². The summed E-state index contributed by atoms with van der Waals surface area (Å²) >= 11 is 5.93. The van der Waals surface area contributed by atoms with Gasteiger partial charge < -0.3 is 19.5 Å². The van der Waals surface area contributed by atoms with Crippen LogP contribution in [0.2, 0.25) is 5.02 Å². The number of carboxylic acid groups (broad SMARTS) is 1. The van der Waals surface area contributed by atoms with Gasteiger partial charge in [-0.3, -0.25) is 4.79 Å². The van der Waals surface area contributed by atoms with Crippen molar-refractivity contribution < 1.29 is 24.5 Å². The van der Waals surface area contributed by atoms with Gasteiger partial charge in [-0.05, 0) is 29.8 Å². The fourth-order valence-corrected chi connectivity index (χ4v) is 2.99. The highest BCUT2D eigenvalue weighted by Gasteiger charge is 2.18. The van der Waals surface area contributed by atoms with Crippen molar-refractivity contribution in [2.24, 2.45) is 0 Å². The van der Waals surface area contributed by atoms with Crippen LogP contribution >= 0.6 is 11.6 Å². The Kier molecular flexibility index (Phi) is 5.19. The Morgan fingerprint density at radius 1 is 1.15 bits per heavy atom. The Bertz CT molecular complexity index is 1050. The Labute approximate surface area is 159 Å². The van der Waals surface area contributed by atoms with Gasteiger partial charge in [0.1, 0.15) is 11.5 Å². The number of halogens is 1. The van der Waals surface area contributed by atoms with E-state index >= 15 is 0 Å². The minimum atomic E-state index is -1.64. The van der Waals surface area contributed by atoms with Crippen LogP contribution in [0.15, 0.2) is 54.7 Å². The predicted octanol–water partition coefficient (Wildman–Crippen LogP) is 3.90. The van der Waals surface area contributed by atoms with E-state index in [1.807, 2.05) is 28.8 Å². The van der Waals surface area contributed by atoms with Crippen LogP contribution in [-0.4, -0.2) is 33.6 Å². The van der Waals surface area contributed by atoms with E-state index in [-0.39, 0.29) is 0 Å². The Balaban J connectivity index is 2.14. The first kappa shape index (κ1) is 18.5. The number of nitrogens with zero attached hydrogens (tertiary/aromatic N) is 1. The largest absolute Gasteiger partial charge is 0.507 e. The number of hydrogen-bond acceptors (Lipinski definition) is 4. The molecule has 0 bridgehead atoms. The van der Waals surface area contributed by atoms with Crippen molar-refractivity contribution in [1.29, 1.82) is 0 Å². The Morgan fingerprint density at radius 2 is 1.85 bits per heavy atom. The van der Waals surface area contributed by atoms with Crippen LogP contribution in [0.1, 0.15) is 11.1 Å². The van der Waals surface area contributed by atoms with Crippen LogP contribution in [0.3, 0.4) is 0 Å². The molecule has 2 N–H and O–H groups in total. The number of hydrogen-bond donors (Lipinski definition) is 2. The molecule has 0 aliphatic heterocycles. The van der Waals surface area contributed by atoms with Crippen molar-refractivity contribution >= 4 is 40.0 Å². The molecule has 0 fully saturated rings. The SMILES string of the molecule is COc1cccc2c1c(/C(O)=C/C(=O)C(=O)O)cn2Cc1ccc(Cl)cc1. The number of methoxy groups -OCH3 is 1. The summed E-state index contributed by atoms with van der Waals surface area (Å²) in [6.07, 6.45) is 2.35. The molecule has 1 aromatic heterocycles. The summed E-state index contributed by atoms with van der Waals surface area (Å²) in [4.78, 5) is 22.2. The van der Waals surface area contributed by atoms with Crippen LogP contribution in [0.5, 0.6) is 5.75 Å². The Morgan fingerprint density at radius 3 is 2.48 bits per heavy atom. The molecule has 138 valence electrons. The van der Waals surface area contributed by atoms with E-state index in [0.717, 1.165) is 11.1 Å². The number of ether oxygens (including phenoxy) is 1. The number of aromatic nitrogens is 1. The third-order valence-electron chi connectivity index (χ3n) is 4.11. The fraction of sp³-hybridized carbons (Fsp3) is 0.100. The van der Waals surface area contributed by atoms with Gasteiger partial charge in [-0.2, -0.15) is 0 Å². The molecule has 0 spiro atoms. The molecule has 1 heterocycles. The van der Waals surface area contributed by atoms with Gasteiger partial charge in [0.25, 0.3) is 5.78 Å². The lowest BCUT2D eigenvalue weighted by Crippen LogP contribution is -2.09. The summed E-state index contributed by atoms with van der Waals surface area (Å²) in [7, 11) is 1.50. The van der Waals surface area contributed by atoms with Crippen molar-refractivity contribution in [3.05, 3.63) is 70.9 Å². The molecule has 2 aromatic carbocycles. The normalized spacial score (nSPS) is 11.6.